The van der Waals surface area contributed by atoms with E-state index in [1.807, 2.05) is 4.90 Å². The van der Waals surface area contributed by atoms with Crippen LogP contribution in [0.15, 0.2) is 0 Å². The number of carbonyl (C=O) groups excluding carboxylic acids is 1. The summed E-state index contributed by atoms with van der Waals surface area (Å²) in [5.74, 6) is 0.808. The van der Waals surface area contributed by atoms with Gasteiger partial charge in [-0.15, -0.1) is 0 Å². The Morgan fingerprint density at radius 2 is 2.12 bits per heavy atom. The largest absolute Gasteiger partial charge is 0.340 e. The lowest BCUT2D eigenvalue weighted by atomic mass is 9.84. The Morgan fingerprint density at radius 1 is 1.47 bits per heavy atom. The second kappa shape index (κ2) is 5.85. The number of amides is 1. The topological polar surface area (TPSA) is 32.3 Å². The van der Waals surface area contributed by atoms with Gasteiger partial charge in [-0.25, -0.2) is 0 Å². The van der Waals surface area contributed by atoms with Crippen LogP contribution < -0.4 is 5.32 Å². The summed E-state index contributed by atoms with van der Waals surface area (Å²) in [6, 6.07) is 0.436. The average molecular weight is 240 g/mol. The predicted octanol–water partition coefficient (Wildman–Crippen LogP) is 2.27. The molecule has 1 N–H and O–H groups in total. The van der Waals surface area contributed by atoms with Gasteiger partial charge in [0, 0.05) is 32.1 Å². The molecule has 1 aliphatic heterocycles. The molecular weight excluding hydrogens is 212 g/mol. The van der Waals surface area contributed by atoms with Crippen LogP contribution >= 0.6 is 0 Å². The third kappa shape index (κ3) is 5.53. The van der Waals surface area contributed by atoms with Crippen LogP contribution in [0.4, 0.5) is 0 Å². The van der Waals surface area contributed by atoms with Gasteiger partial charge in [0.1, 0.15) is 0 Å². The summed E-state index contributed by atoms with van der Waals surface area (Å²) < 4.78 is 0. The zero-order chi connectivity index (χ0) is 13.1. The third-order valence-electron chi connectivity index (χ3n) is 3.21. The van der Waals surface area contributed by atoms with Crippen molar-refractivity contribution in [3.8, 4) is 0 Å². The second-order valence-corrected chi connectivity index (χ2v) is 6.77. The maximum atomic E-state index is 12.1. The molecule has 0 radical (unpaired) electrons. The van der Waals surface area contributed by atoms with Gasteiger partial charge >= 0.3 is 0 Å². The predicted molar refractivity (Wildman–Crippen MR) is 71.9 cm³/mol. The van der Waals surface area contributed by atoms with Crippen LogP contribution in [0.3, 0.4) is 0 Å². The molecule has 0 aliphatic carbocycles. The van der Waals surface area contributed by atoms with Crippen molar-refractivity contribution >= 4 is 5.91 Å². The number of nitrogens with one attached hydrogen (secondary N) is 1. The fourth-order valence-electron chi connectivity index (χ4n) is 2.70. The van der Waals surface area contributed by atoms with Crippen molar-refractivity contribution < 1.29 is 4.79 Å². The molecule has 3 heteroatoms. The Kier molecular flexibility index (Phi) is 4.99. The molecule has 1 rings (SSSR count). The zero-order valence-electron chi connectivity index (χ0n) is 12.0. The number of nitrogens with zero attached hydrogens (tertiary/aromatic N) is 1. The molecular formula is C14H28N2O. The molecule has 0 aromatic carbocycles. The summed E-state index contributed by atoms with van der Waals surface area (Å²) >= 11 is 0. The molecule has 1 saturated heterocycles. The molecule has 0 bridgehead atoms. The SMILES string of the molecule is C[C@@H](CC(=O)N1CCN[C@@H](C)C1)CC(C)(C)C. The summed E-state index contributed by atoms with van der Waals surface area (Å²) in [5, 5.41) is 3.36. The molecule has 0 aromatic rings. The van der Waals surface area contributed by atoms with E-state index in [4.69, 9.17) is 0 Å². The van der Waals surface area contributed by atoms with Gasteiger partial charge in [-0.2, -0.15) is 0 Å². The molecule has 2 atom stereocenters. The van der Waals surface area contributed by atoms with E-state index in [2.05, 4.69) is 39.9 Å². The normalized spacial score (nSPS) is 23.6. The molecule has 1 fully saturated rings. The quantitative estimate of drug-likeness (QED) is 0.821. The monoisotopic (exact) mass is 240 g/mol. The molecule has 3 nitrogen and oxygen atoms in total. The molecule has 0 saturated carbocycles. The number of piperazine rings is 1. The van der Waals surface area contributed by atoms with Gasteiger partial charge in [0.05, 0.1) is 0 Å². The van der Waals surface area contributed by atoms with E-state index in [9.17, 15) is 4.79 Å². The van der Waals surface area contributed by atoms with Gasteiger partial charge < -0.3 is 10.2 Å². The second-order valence-electron chi connectivity index (χ2n) is 6.77. The van der Waals surface area contributed by atoms with E-state index in [1.165, 1.54) is 0 Å². The van der Waals surface area contributed by atoms with E-state index >= 15 is 0 Å². The van der Waals surface area contributed by atoms with E-state index in [0.717, 1.165) is 26.1 Å². The van der Waals surface area contributed by atoms with Crippen LogP contribution in [-0.4, -0.2) is 36.5 Å². The van der Waals surface area contributed by atoms with Gasteiger partial charge in [-0.3, -0.25) is 4.79 Å². The van der Waals surface area contributed by atoms with Crippen molar-refractivity contribution in [1.82, 2.24) is 10.2 Å². The standard InChI is InChI=1S/C14H28N2O/c1-11(9-14(3,4)5)8-13(17)16-7-6-15-12(2)10-16/h11-12,15H,6-10H2,1-5H3/t11-,12-/m0/s1. The van der Waals surface area contributed by atoms with E-state index in [-0.39, 0.29) is 0 Å². The highest BCUT2D eigenvalue weighted by molar-refractivity contribution is 5.76. The van der Waals surface area contributed by atoms with Crippen LogP contribution in [-0.2, 0) is 4.79 Å². The maximum Gasteiger partial charge on any atom is 0.222 e. The van der Waals surface area contributed by atoms with Gasteiger partial charge in [0.15, 0.2) is 0 Å². The molecule has 1 amide bonds. The zero-order valence-corrected chi connectivity index (χ0v) is 12.0. The molecule has 17 heavy (non-hydrogen) atoms. The van der Waals surface area contributed by atoms with Crippen LogP contribution in [0.25, 0.3) is 0 Å². The molecule has 1 aliphatic rings. The number of rotatable bonds is 3. The fraction of sp³-hybridized carbons (Fsp3) is 0.929. The minimum atomic E-state index is 0.316. The Labute approximate surface area is 106 Å². The highest BCUT2D eigenvalue weighted by atomic mass is 16.2. The first kappa shape index (κ1) is 14.5. The highest BCUT2D eigenvalue weighted by Crippen LogP contribution is 2.26. The van der Waals surface area contributed by atoms with Crippen LogP contribution in [0.1, 0.15) is 47.5 Å². The van der Waals surface area contributed by atoms with E-state index in [1.54, 1.807) is 0 Å². The Morgan fingerprint density at radius 3 is 2.65 bits per heavy atom. The van der Waals surface area contributed by atoms with E-state index in [0.29, 0.717) is 29.7 Å². The van der Waals surface area contributed by atoms with Gasteiger partial charge in [0.25, 0.3) is 0 Å². The fourth-order valence-corrected chi connectivity index (χ4v) is 2.70. The lowest BCUT2D eigenvalue weighted by Crippen LogP contribution is -2.51. The highest BCUT2D eigenvalue weighted by Gasteiger charge is 2.23. The summed E-state index contributed by atoms with van der Waals surface area (Å²) in [4.78, 5) is 14.2. The van der Waals surface area contributed by atoms with E-state index < -0.39 is 0 Å². The van der Waals surface area contributed by atoms with Crippen molar-refractivity contribution in [2.45, 2.75) is 53.5 Å². The Balaban J connectivity index is 2.38. The molecule has 100 valence electrons. The van der Waals surface area contributed by atoms with Gasteiger partial charge in [0.2, 0.25) is 5.91 Å². The molecule has 0 spiro atoms. The summed E-state index contributed by atoms with van der Waals surface area (Å²) in [6.07, 6.45) is 1.81. The first-order valence-electron chi connectivity index (χ1n) is 6.79. The van der Waals surface area contributed by atoms with Gasteiger partial charge in [-0.05, 0) is 24.7 Å². The Hall–Kier alpha value is -0.570. The third-order valence-corrected chi connectivity index (χ3v) is 3.21. The van der Waals surface area contributed by atoms with Crippen LogP contribution in [0.2, 0.25) is 0 Å². The first-order valence-corrected chi connectivity index (χ1v) is 6.79. The first-order chi connectivity index (χ1) is 7.78. The summed E-state index contributed by atoms with van der Waals surface area (Å²) in [6.45, 7) is 13.7. The Bertz CT molecular complexity index is 257. The maximum absolute atomic E-state index is 12.1. The summed E-state index contributed by atoms with van der Waals surface area (Å²) in [5.41, 5.74) is 0.316. The van der Waals surface area contributed by atoms with Crippen LogP contribution in [0.5, 0.6) is 0 Å². The van der Waals surface area contributed by atoms with Crippen molar-refractivity contribution in [3.05, 3.63) is 0 Å². The van der Waals surface area contributed by atoms with Crippen molar-refractivity contribution in [2.75, 3.05) is 19.6 Å². The number of carbonyl (C=O) groups is 1. The molecule has 0 unspecified atom stereocenters. The lowest BCUT2D eigenvalue weighted by Gasteiger charge is -2.33. The minimum Gasteiger partial charge on any atom is -0.340 e. The van der Waals surface area contributed by atoms with Crippen molar-refractivity contribution in [1.29, 1.82) is 0 Å². The minimum absolute atomic E-state index is 0.316. The number of hydrogen-bond acceptors (Lipinski definition) is 2. The van der Waals surface area contributed by atoms with Crippen molar-refractivity contribution in [2.24, 2.45) is 11.3 Å². The summed E-state index contributed by atoms with van der Waals surface area (Å²) in [7, 11) is 0. The van der Waals surface area contributed by atoms with Gasteiger partial charge in [-0.1, -0.05) is 27.7 Å². The smallest absolute Gasteiger partial charge is 0.222 e. The lowest BCUT2D eigenvalue weighted by molar-refractivity contribution is -0.133. The average Bonchev–Trinajstić information content (AvgIpc) is 2.14. The molecule has 0 aromatic heterocycles. The van der Waals surface area contributed by atoms with Crippen molar-refractivity contribution in [3.63, 3.8) is 0 Å². The molecule has 1 heterocycles. The van der Waals surface area contributed by atoms with Crippen LogP contribution in [0, 0.1) is 11.3 Å². The number of hydrogen-bond donors (Lipinski definition) is 1.